The van der Waals surface area contributed by atoms with Crippen LogP contribution in [-0.4, -0.2) is 32.5 Å². The van der Waals surface area contributed by atoms with Gasteiger partial charge in [0.05, 0.1) is 26.9 Å². The Morgan fingerprint density at radius 1 is 0.857 bits per heavy atom. The molecule has 1 unspecified atom stereocenters. The van der Waals surface area contributed by atoms with Crippen molar-refractivity contribution in [3.63, 3.8) is 0 Å². The summed E-state index contributed by atoms with van der Waals surface area (Å²) in [5.41, 5.74) is 2.08. The molecule has 1 atom stereocenters. The number of ether oxygens (including phenoxy) is 3. The molecule has 146 valence electrons. The second-order valence-electron chi connectivity index (χ2n) is 6.81. The van der Waals surface area contributed by atoms with Crippen LogP contribution in [0.1, 0.15) is 19.6 Å². The lowest BCUT2D eigenvalue weighted by Gasteiger charge is -2.20. The largest absolute Gasteiger partial charge is 0.497 e. The van der Waals surface area contributed by atoms with Crippen LogP contribution in [0.15, 0.2) is 53.1 Å². The minimum atomic E-state index is -1.01. The average molecular weight is 378 g/mol. The fourth-order valence-corrected chi connectivity index (χ4v) is 3.04. The van der Waals surface area contributed by atoms with Crippen molar-refractivity contribution >= 4 is 5.97 Å². The summed E-state index contributed by atoms with van der Waals surface area (Å²) in [6, 6.07) is 15.0. The maximum atomic E-state index is 12.4. The predicted octanol–water partition coefficient (Wildman–Crippen LogP) is 4.48. The van der Waals surface area contributed by atoms with E-state index in [0.717, 1.165) is 28.2 Å². The molecule has 6 heteroatoms. The topological polar surface area (TPSA) is 70.8 Å². The van der Waals surface area contributed by atoms with Gasteiger partial charge in [0.2, 0.25) is 0 Å². The second kappa shape index (κ2) is 7.76. The van der Waals surface area contributed by atoms with Gasteiger partial charge in [-0.05, 0) is 55.8 Å². The smallest absolute Gasteiger partial charge is 0.319 e. The number of nitrogens with zero attached hydrogens (tertiary/aromatic N) is 1. The number of methoxy groups -OCH3 is 3. The van der Waals surface area contributed by atoms with E-state index in [4.69, 9.17) is 18.7 Å². The third-order valence-corrected chi connectivity index (χ3v) is 4.70. The molecule has 0 amide bonds. The molecule has 0 saturated heterocycles. The lowest BCUT2D eigenvalue weighted by Crippen LogP contribution is -2.30. The van der Waals surface area contributed by atoms with E-state index in [0.29, 0.717) is 11.5 Å². The number of carbonyl (C=O) groups excluding carboxylic acids is 1. The van der Waals surface area contributed by atoms with Crippen LogP contribution in [0.2, 0.25) is 0 Å². The zero-order chi connectivity index (χ0) is 20.3. The summed E-state index contributed by atoms with van der Waals surface area (Å²) in [7, 11) is 4.59. The molecule has 2 aromatic carbocycles. The Kier molecular flexibility index (Phi) is 5.40. The van der Waals surface area contributed by atoms with E-state index in [1.165, 1.54) is 7.11 Å². The van der Waals surface area contributed by atoms with Crippen molar-refractivity contribution in [1.82, 2.24) is 5.16 Å². The molecule has 0 aliphatic carbocycles. The molecule has 0 aliphatic heterocycles. The standard InChI is InChI=1S/C22H23NO5/c1-22(2,21(24)27-5)20-18(14-6-10-16(25-3)11-7-14)19(23-28-20)15-8-12-17(26-4)13-9-15/h6-13H,1-5H3/i1-1,2+0,3-1,4+0,5-1. The Morgan fingerprint density at radius 2 is 1.36 bits per heavy atom. The van der Waals surface area contributed by atoms with E-state index in [-0.39, 0.29) is 0 Å². The SMILES string of the molecule is [11CH3]OC(=O)C([11CH3])([12CH3])c1onc(-c2ccc(O[12CH3])cc2)c1-c1ccc(O[11CH3])cc1. The number of esters is 1. The highest BCUT2D eigenvalue weighted by Crippen LogP contribution is 2.41. The summed E-state index contributed by atoms with van der Waals surface area (Å²) in [5, 5.41) is 4.29. The minimum Gasteiger partial charge on any atom is -0.497 e. The van der Waals surface area contributed by atoms with Gasteiger partial charge in [-0.3, -0.25) is 4.79 Å². The van der Waals surface area contributed by atoms with Crippen LogP contribution in [-0.2, 0) is 14.9 Å². The van der Waals surface area contributed by atoms with Gasteiger partial charge in [-0.1, -0.05) is 17.3 Å². The molecule has 1 heterocycles. The van der Waals surface area contributed by atoms with Gasteiger partial charge in [0.1, 0.15) is 22.6 Å². The van der Waals surface area contributed by atoms with Crippen LogP contribution in [0.25, 0.3) is 22.4 Å². The monoisotopic (exact) mass is 378 g/mol. The molecule has 0 radical (unpaired) electrons. The third kappa shape index (κ3) is 3.45. The molecular formula is C22H23NO5. The van der Waals surface area contributed by atoms with Crippen molar-refractivity contribution in [3.8, 4) is 33.9 Å². The highest BCUT2D eigenvalue weighted by Gasteiger charge is 2.39. The zero-order valence-corrected chi connectivity index (χ0v) is 16.6. The number of hydrogen-bond donors (Lipinski definition) is 0. The van der Waals surface area contributed by atoms with Crippen LogP contribution in [0, 0.1) is 0 Å². The van der Waals surface area contributed by atoms with E-state index in [2.05, 4.69) is 5.16 Å². The van der Waals surface area contributed by atoms with E-state index >= 15 is 0 Å². The Hall–Kier alpha value is -3.28. The fraction of sp³-hybridized carbons (Fsp3) is 0.273. The number of rotatable bonds is 6. The molecule has 0 spiro atoms. The van der Waals surface area contributed by atoms with Gasteiger partial charge in [0, 0.05) is 5.56 Å². The lowest BCUT2D eigenvalue weighted by molar-refractivity contribution is -0.146. The maximum absolute atomic E-state index is 12.4. The molecule has 3 rings (SSSR count). The highest BCUT2D eigenvalue weighted by molar-refractivity contribution is 5.89. The van der Waals surface area contributed by atoms with Crippen molar-refractivity contribution in [3.05, 3.63) is 54.3 Å². The number of benzene rings is 2. The quantitative estimate of drug-likeness (QED) is 0.589. The number of carbonyl (C=O) groups is 1. The third-order valence-electron chi connectivity index (χ3n) is 4.70. The molecule has 1 aromatic heterocycles. The summed E-state index contributed by atoms with van der Waals surface area (Å²) in [5.74, 6) is 1.52. The molecule has 0 aliphatic rings. The van der Waals surface area contributed by atoms with Gasteiger partial charge in [-0.2, -0.15) is 0 Å². The first-order valence-electron chi connectivity index (χ1n) is 8.79. The Labute approximate surface area is 164 Å². The first kappa shape index (κ1) is 19.5. The predicted molar refractivity (Wildman–Crippen MR) is 106 cm³/mol. The van der Waals surface area contributed by atoms with Crippen molar-refractivity contribution in [2.45, 2.75) is 19.3 Å². The van der Waals surface area contributed by atoms with Crippen molar-refractivity contribution in [1.29, 1.82) is 0 Å². The van der Waals surface area contributed by atoms with Gasteiger partial charge in [0.15, 0.2) is 5.76 Å². The Bertz CT molecular complexity index is 956. The van der Waals surface area contributed by atoms with Gasteiger partial charge in [-0.15, -0.1) is 0 Å². The molecular weight excluding hydrogens is 355 g/mol. The van der Waals surface area contributed by atoms with Gasteiger partial charge < -0.3 is 18.7 Å². The minimum absolute atomic E-state index is 0.403. The van der Waals surface area contributed by atoms with Gasteiger partial charge in [0.25, 0.3) is 0 Å². The first-order valence-corrected chi connectivity index (χ1v) is 8.79. The summed E-state index contributed by atoms with van der Waals surface area (Å²) < 4.78 is 21.2. The summed E-state index contributed by atoms with van der Waals surface area (Å²) in [6.07, 6.45) is 0. The summed E-state index contributed by atoms with van der Waals surface area (Å²) in [6.45, 7) is 3.51. The van der Waals surface area contributed by atoms with E-state index in [1.54, 1.807) is 28.1 Å². The van der Waals surface area contributed by atoms with Crippen molar-refractivity contribution in [2.75, 3.05) is 21.3 Å². The van der Waals surface area contributed by atoms with E-state index in [1.807, 2.05) is 48.5 Å². The van der Waals surface area contributed by atoms with Crippen LogP contribution < -0.4 is 9.47 Å². The van der Waals surface area contributed by atoms with Crippen LogP contribution in [0.3, 0.4) is 0 Å². The van der Waals surface area contributed by atoms with Crippen LogP contribution in [0.4, 0.5) is 0 Å². The number of aromatic nitrogens is 1. The molecule has 0 N–H and O–H groups in total. The molecule has 0 saturated carbocycles. The van der Waals surface area contributed by atoms with E-state index < -0.39 is 11.4 Å². The molecule has 0 bridgehead atoms. The van der Waals surface area contributed by atoms with Gasteiger partial charge >= 0.3 is 5.97 Å². The molecule has 6 nitrogen and oxygen atoms in total. The Morgan fingerprint density at radius 3 is 1.82 bits per heavy atom. The van der Waals surface area contributed by atoms with Crippen LogP contribution in [0.5, 0.6) is 11.5 Å². The van der Waals surface area contributed by atoms with Crippen molar-refractivity contribution < 1.29 is 23.5 Å². The average Bonchev–Trinajstić information content (AvgIpc) is 3.19. The summed E-state index contributed by atoms with van der Waals surface area (Å²) >= 11 is 0. The van der Waals surface area contributed by atoms with Crippen LogP contribution >= 0.6 is 0 Å². The van der Waals surface area contributed by atoms with Crippen molar-refractivity contribution in [2.24, 2.45) is 0 Å². The second-order valence-corrected chi connectivity index (χ2v) is 6.81. The van der Waals surface area contributed by atoms with E-state index in [9.17, 15) is 4.79 Å². The number of hydrogen-bond acceptors (Lipinski definition) is 6. The highest BCUT2D eigenvalue weighted by atomic mass is 16.5. The molecule has 0 fully saturated rings. The normalized spacial score (nSPS) is 12.9. The lowest BCUT2D eigenvalue weighted by atomic mass is 9.71. The molecule has 28 heavy (non-hydrogen) atoms. The first-order chi connectivity index (χ1) is 13.4. The summed E-state index contributed by atoms with van der Waals surface area (Å²) in [4.78, 5) is 12.4. The zero-order valence-electron chi connectivity index (χ0n) is 16.6. The molecule has 3 aromatic rings. The fourth-order valence-electron chi connectivity index (χ4n) is 3.04. The Balaban J connectivity index is 2.20. The maximum Gasteiger partial charge on any atom is 0.319 e. The van der Waals surface area contributed by atoms with Gasteiger partial charge in [-0.25, -0.2) is 0 Å².